The van der Waals surface area contributed by atoms with Crippen molar-refractivity contribution in [1.29, 1.82) is 0 Å². The number of likely N-dealkylation sites (tertiary alicyclic amines) is 1. The summed E-state index contributed by atoms with van der Waals surface area (Å²) in [5, 5.41) is 0.714. The van der Waals surface area contributed by atoms with Crippen molar-refractivity contribution < 1.29 is 4.79 Å². The first-order chi connectivity index (χ1) is 14.2. The van der Waals surface area contributed by atoms with Crippen LogP contribution < -0.4 is 10.5 Å². The van der Waals surface area contributed by atoms with Gasteiger partial charge in [0.05, 0.1) is 17.2 Å². The fraction of sp³-hybridized carbons (Fsp3) is 0.591. The van der Waals surface area contributed by atoms with E-state index in [-0.39, 0.29) is 5.56 Å². The summed E-state index contributed by atoms with van der Waals surface area (Å²) in [6.45, 7) is 7.44. The van der Waals surface area contributed by atoms with Crippen LogP contribution in [0.15, 0.2) is 29.3 Å². The SMILES string of the molecule is O=C1CCCN1CCN1CCN(c2ccc3c(=O)n(CC4CC4)cnc3c2)CC1. The van der Waals surface area contributed by atoms with Crippen molar-refractivity contribution >= 4 is 22.5 Å². The average Bonchev–Trinajstić information content (AvgIpc) is 3.48. The van der Waals surface area contributed by atoms with E-state index >= 15 is 0 Å². The third kappa shape index (κ3) is 4.01. The Morgan fingerprint density at radius 3 is 2.55 bits per heavy atom. The Bertz CT molecular complexity index is 959. The van der Waals surface area contributed by atoms with Gasteiger partial charge in [0.25, 0.3) is 5.56 Å². The minimum Gasteiger partial charge on any atom is -0.369 e. The highest BCUT2D eigenvalue weighted by Crippen LogP contribution is 2.30. The minimum atomic E-state index is 0.0785. The van der Waals surface area contributed by atoms with E-state index in [1.54, 1.807) is 10.9 Å². The lowest BCUT2D eigenvalue weighted by Gasteiger charge is -2.36. The summed E-state index contributed by atoms with van der Waals surface area (Å²) in [5.41, 5.74) is 2.00. The number of aromatic nitrogens is 2. The first kappa shape index (κ1) is 18.6. The summed E-state index contributed by atoms with van der Waals surface area (Å²) in [6.07, 6.45) is 5.89. The van der Waals surface area contributed by atoms with Gasteiger partial charge in [0.1, 0.15) is 0 Å². The molecular formula is C22H29N5O2. The van der Waals surface area contributed by atoms with Gasteiger partial charge in [-0.1, -0.05) is 0 Å². The first-order valence-corrected chi connectivity index (χ1v) is 10.9. The van der Waals surface area contributed by atoms with Crippen molar-refractivity contribution in [2.75, 3.05) is 50.7 Å². The van der Waals surface area contributed by atoms with Crippen LogP contribution in [0.25, 0.3) is 10.9 Å². The van der Waals surface area contributed by atoms with Crippen LogP contribution in [0.5, 0.6) is 0 Å². The second-order valence-corrected chi connectivity index (χ2v) is 8.66. The van der Waals surface area contributed by atoms with E-state index in [1.165, 1.54) is 12.8 Å². The van der Waals surface area contributed by atoms with E-state index in [0.29, 0.717) is 17.2 Å². The monoisotopic (exact) mass is 395 g/mol. The lowest BCUT2D eigenvalue weighted by molar-refractivity contribution is -0.127. The summed E-state index contributed by atoms with van der Waals surface area (Å²) in [6, 6.07) is 6.05. The first-order valence-electron chi connectivity index (χ1n) is 10.9. The molecular weight excluding hydrogens is 366 g/mol. The van der Waals surface area contributed by atoms with Gasteiger partial charge in [0, 0.05) is 64.5 Å². The zero-order valence-corrected chi connectivity index (χ0v) is 16.9. The molecule has 29 heavy (non-hydrogen) atoms. The Hall–Kier alpha value is -2.41. The quantitative estimate of drug-likeness (QED) is 0.743. The number of carbonyl (C=O) groups is 1. The van der Waals surface area contributed by atoms with Crippen LogP contribution in [0.4, 0.5) is 5.69 Å². The van der Waals surface area contributed by atoms with Gasteiger partial charge in [0.2, 0.25) is 5.91 Å². The lowest BCUT2D eigenvalue weighted by atomic mass is 10.2. The Morgan fingerprint density at radius 1 is 1.00 bits per heavy atom. The average molecular weight is 396 g/mol. The predicted octanol–water partition coefficient (Wildman–Crippen LogP) is 1.55. The van der Waals surface area contributed by atoms with E-state index in [4.69, 9.17) is 0 Å². The lowest BCUT2D eigenvalue weighted by Crippen LogP contribution is -2.48. The summed E-state index contributed by atoms with van der Waals surface area (Å²) >= 11 is 0. The molecule has 3 fully saturated rings. The molecule has 1 amide bonds. The maximum Gasteiger partial charge on any atom is 0.261 e. The molecule has 0 spiro atoms. The molecule has 0 bridgehead atoms. The van der Waals surface area contributed by atoms with Crippen LogP contribution in [-0.2, 0) is 11.3 Å². The predicted molar refractivity (Wildman–Crippen MR) is 113 cm³/mol. The molecule has 1 aliphatic carbocycles. The number of nitrogens with zero attached hydrogens (tertiary/aromatic N) is 5. The maximum absolute atomic E-state index is 12.7. The Morgan fingerprint density at radius 2 is 1.83 bits per heavy atom. The zero-order valence-electron chi connectivity index (χ0n) is 16.9. The van der Waals surface area contributed by atoms with Crippen molar-refractivity contribution in [3.05, 3.63) is 34.9 Å². The molecule has 2 aliphatic heterocycles. The molecule has 1 aromatic carbocycles. The fourth-order valence-electron chi connectivity index (χ4n) is 4.48. The van der Waals surface area contributed by atoms with Crippen molar-refractivity contribution in [3.63, 3.8) is 0 Å². The molecule has 3 heterocycles. The highest BCUT2D eigenvalue weighted by Gasteiger charge is 2.24. The number of piperazine rings is 1. The van der Waals surface area contributed by atoms with Crippen LogP contribution >= 0.6 is 0 Å². The number of rotatable bonds is 6. The van der Waals surface area contributed by atoms with E-state index in [2.05, 4.69) is 26.9 Å². The summed E-state index contributed by atoms with van der Waals surface area (Å²) in [7, 11) is 0. The van der Waals surface area contributed by atoms with E-state index in [9.17, 15) is 9.59 Å². The van der Waals surface area contributed by atoms with Gasteiger partial charge in [-0.3, -0.25) is 19.1 Å². The highest BCUT2D eigenvalue weighted by molar-refractivity contribution is 5.81. The number of benzene rings is 1. The van der Waals surface area contributed by atoms with E-state index < -0.39 is 0 Å². The standard InChI is InChI=1S/C22H29N5O2/c28-21-2-1-7-26(21)13-10-24-8-11-25(12-9-24)18-5-6-19-20(14-18)23-16-27(22(19)29)15-17-3-4-17/h5-6,14,16-17H,1-4,7-13,15H2. The summed E-state index contributed by atoms with van der Waals surface area (Å²) < 4.78 is 1.77. The van der Waals surface area contributed by atoms with Crippen LogP contribution in [0.1, 0.15) is 25.7 Å². The van der Waals surface area contributed by atoms with Gasteiger partial charge >= 0.3 is 0 Å². The largest absolute Gasteiger partial charge is 0.369 e. The summed E-state index contributed by atoms with van der Waals surface area (Å²) in [4.78, 5) is 35.8. The Balaban J connectivity index is 1.21. The van der Waals surface area contributed by atoms with Crippen LogP contribution in [0.3, 0.4) is 0 Å². The molecule has 0 radical (unpaired) electrons. The second kappa shape index (κ2) is 7.78. The number of hydrogen-bond acceptors (Lipinski definition) is 5. The normalized spacial score (nSPS) is 20.8. The molecule has 1 aromatic heterocycles. The fourth-order valence-corrected chi connectivity index (χ4v) is 4.48. The van der Waals surface area contributed by atoms with Gasteiger partial charge in [-0.15, -0.1) is 0 Å². The van der Waals surface area contributed by atoms with Crippen LogP contribution in [0, 0.1) is 5.92 Å². The van der Waals surface area contributed by atoms with Gasteiger partial charge < -0.3 is 9.80 Å². The minimum absolute atomic E-state index is 0.0785. The van der Waals surface area contributed by atoms with Crippen LogP contribution in [-0.4, -0.2) is 71.1 Å². The molecule has 2 saturated heterocycles. The molecule has 3 aliphatic rings. The van der Waals surface area contributed by atoms with E-state index in [1.807, 2.05) is 11.0 Å². The number of hydrogen-bond donors (Lipinski definition) is 0. The van der Waals surface area contributed by atoms with Crippen molar-refractivity contribution in [2.45, 2.75) is 32.2 Å². The van der Waals surface area contributed by atoms with Crippen molar-refractivity contribution in [3.8, 4) is 0 Å². The molecule has 5 rings (SSSR count). The molecule has 154 valence electrons. The Labute approximate surface area is 170 Å². The van der Waals surface area contributed by atoms with Crippen LogP contribution in [0.2, 0.25) is 0 Å². The zero-order chi connectivity index (χ0) is 19.8. The van der Waals surface area contributed by atoms with Crippen molar-refractivity contribution in [2.24, 2.45) is 5.92 Å². The number of anilines is 1. The van der Waals surface area contributed by atoms with E-state index in [0.717, 1.165) is 76.4 Å². The van der Waals surface area contributed by atoms with Crippen molar-refractivity contribution in [1.82, 2.24) is 19.4 Å². The molecule has 0 atom stereocenters. The molecule has 2 aromatic rings. The van der Waals surface area contributed by atoms with Gasteiger partial charge in [-0.25, -0.2) is 4.98 Å². The highest BCUT2D eigenvalue weighted by atomic mass is 16.2. The van der Waals surface area contributed by atoms with Gasteiger partial charge in [-0.05, 0) is 43.4 Å². The second-order valence-electron chi connectivity index (χ2n) is 8.66. The topological polar surface area (TPSA) is 61.7 Å². The maximum atomic E-state index is 12.7. The number of fused-ring (bicyclic) bond motifs is 1. The third-order valence-corrected chi connectivity index (χ3v) is 6.56. The smallest absolute Gasteiger partial charge is 0.261 e. The van der Waals surface area contributed by atoms with Gasteiger partial charge in [0.15, 0.2) is 0 Å². The third-order valence-electron chi connectivity index (χ3n) is 6.56. The van der Waals surface area contributed by atoms with Gasteiger partial charge in [-0.2, -0.15) is 0 Å². The Kier molecular flexibility index (Phi) is 4.99. The molecule has 0 N–H and O–H groups in total. The molecule has 0 unspecified atom stereocenters. The molecule has 7 nitrogen and oxygen atoms in total. The number of carbonyl (C=O) groups excluding carboxylic acids is 1. The molecule has 7 heteroatoms. The number of amides is 1. The molecule has 1 saturated carbocycles. The summed E-state index contributed by atoms with van der Waals surface area (Å²) in [5.74, 6) is 0.967.